The highest BCUT2D eigenvalue weighted by Crippen LogP contribution is 2.28. The van der Waals surface area contributed by atoms with Gasteiger partial charge >= 0.3 is 0 Å². The van der Waals surface area contributed by atoms with Gasteiger partial charge in [-0.1, -0.05) is 18.2 Å². The van der Waals surface area contributed by atoms with E-state index >= 15 is 0 Å². The molecule has 0 radical (unpaired) electrons. The first kappa shape index (κ1) is 15.9. The van der Waals surface area contributed by atoms with Crippen molar-refractivity contribution in [3.8, 4) is 23.0 Å². The SMILES string of the molecule is Cc1cc(O)cc(O)c1C=Nc1ccc2oc(-c3ccccc3)nc2c1. The molecular weight excluding hydrogens is 328 g/mol. The molecular formula is C21H16N2O3. The molecule has 0 spiro atoms. The molecule has 0 bridgehead atoms. The van der Waals surface area contributed by atoms with Crippen LogP contribution in [0.2, 0.25) is 0 Å². The standard InChI is InChI=1S/C21H16N2O3/c1-13-9-16(24)11-19(25)17(13)12-22-15-7-8-20-18(10-15)23-21(26-20)14-5-3-2-4-6-14/h2-12,24-25H,1H3. The van der Waals surface area contributed by atoms with E-state index in [4.69, 9.17) is 4.42 Å². The molecule has 4 aromatic rings. The van der Waals surface area contributed by atoms with Crippen LogP contribution in [0.25, 0.3) is 22.6 Å². The molecule has 3 aromatic carbocycles. The number of hydrogen-bond acceptors (Lipinski definition) is 5. The summed E-state index contributed by atoms with van der Waals surface area (Å²) >= 11 is 0. The summed E-state index contributed by atoms with van der Waals surface area (Å²) in [6.07, 6.45) is 1.57. The predicted molar refractivity (Wildman–Crippen MR) is 101 cm³/mol. The number of aliphatic imine (C=N–C) groups is 1. The van der Waals surface area contributed by atoms with Crippen LogP contribution in [0.5, 0.6) is 11.5 Å². The molecule has 0 aliphatic carbocycles. The molecule has 128 valence electrons. The lowest BCUT2D eigenvalue weighted by Crippen LogP contribution is -1.87. The molecule has 0 unspecified atom stereocenters. The minimum absolute atomic E-state index is 0.0138. The van der Waals surface area contributed by atoms with E-state index in [0.29, 0.717) is 28.2 Å². The lowest BCUT2D eigenvalue weighted by Gasteiger charge is -2.04. The molecule has 1 aromatic heterocycles. The number of oxazole rings is 1. The molecule has 0 fully saturated rings. The van der Waals surface area contributed by atoms with Crippen molar-refractivity contribution < 1.29 is 14.6 Å². The van der Waals surface area contributed by atoms with Gasteiger partial charge in [-0.05, 0) is 48.9 Å². The maximum atomic E-state index is 9.97. The molecule has 2 N–H and O–H groups in total. The summed E-state index contributed by atoms with van der Waals surface area (Å²) in [5, 5.41) is 19.5. The van der Waals surface area contributed by atoms with Crippen LogP contribution in [-0.2, 0) is 0 Å². The van der Waals surface area contributed by atoms with E-state index < -0.39 is 0 Å². The van der Waals surface area contributed by atoms with Crippen molar-refractivity contribution in [2.24, 2.45) is 4.99 Å². The molecule has 1 heterocycles. The third-order valence-corrected chi connectivity index (χ3v) is 4.08. The molecule has 0 amide bonds. The first-order chi connectivity index (χ1) is 12.6. The summed E-state index contributed by atoms with van der Waals surface area (Å²) in [7, 11) is 0. The van der Waals surface area contributed by atoms with Crippen LogP contribution in [0.1, 0.15) is 11.1 Å². The molecule has 26 heavy (non-hydrogen) atoms. The molecule has 0 saturated heterocycles. The number of rotatable bonds is 3. The number of benzene rings is 3. The largest absolute Gasteiger partial charge is 0.508 e. The zero-order valence-corrected chi connectivity index (χ0v) is 14.0. The average molecular weight is 344 g/mol. The van der Waals surface area contributed by atoms with Gasteiger partial charge in [-0.25, -0.2) is 4.98 Å². The highest BCUT2D eigenvalue weighted by atomic mass is 16.3. The monoisotopic (exact) mass is 344 g/mol. The van der Waals surface area contributed by atoms with Gasteiger partial charge in [-0.15, -0.1) is 0 Å². The van der Waals surface area contributed by atoms with E-state index in [1.54, 1.807) is 19.2 Å². The number of phenols is 2. The minimum Gasteiger partial charge on any atom is -0.508 e. The molecule has 5 nitrogen and oxygen atoms in total. The van der Waals surface area contributed by atoms with Gasteiger partial charge in [0, 0.05) is 23.4 Å². The number of phenolic OH excluding ortho intramolecular Hbond substituents is 2. The van der Waals surface area contributed by atoms with Crippen LogP contribution in [0.15, 0.2) is 70.1 Å². The third kappa shape index (κ3) is 3.02. The fourth-order valence-corrected chi connectivity index (χ4v) is 2.77. The van der Waals surface area contributed by atoms with Crippen molar-refractivity contribution in [3.05, 3.63) is 71.8 Å². The summed E-state index contributed by atoms with van der Waals surface area (Å²) in [4.78, 5) is 8.93. The maximum absolute atomic E-state index is 9.97. The number of aromatic hydroxyl groups is 2. The van der Waals surface area contributed by atoms with Crippen LogP contribution >= 0.6 is 0 Å². The minimum atomic E-state index is -0.0138. The van der Waals surface area contributed by atoms with Crippen LogP contribution in [0.4, 0.5) is 5.69 Å². The Morgan fingerprint density at radius 3 is 2.58 bits per heavy atom. The molecule has 5 heteroatoms. The zero-order chi connectivity index (χ0) is 18.1. The number of hydrogen-bond donors (Lipinski definition) is 2. The summed E-state index contributed by atoms with van der Waals surface area (Å²) in [6, 6.07) is 18.1. The van der Waals surface area contributed by atoms with E-state index in [9.17, 15) is 10.2 Å². The van der Waals surface area contributed by atoms with Gasteiger partial charge in [0.15, 0.2) is 5.58 Å². The van der Waals surface area contributed by atoms with Gasteiger partial charge in [-0.2, -0.15) is 0 Å². The van der Waals surface area contributed by atoms with Crippen LogP contribution < -0.4 is 0 Å². The lowest BCUT2D eigenvalue weighted by atomic mass is 10.1. The van der Waals surface area contributed by atoms with E-state index in [1.807, 2.05) is 48.5 Å². The second kappa shape index (κ2) is 6.37. The van der Waals surface area contributed by atoms with E-state index in [0.717, 1.165) is 11.1 Å². The van der Waals surface area contributed by atoms with Gasteiger partial charge in [-0.3, -0.25) is 4.99 Å². The normalized spacial score (nSPS) is 11.4. The maximum Gasteiger partial charge on any atom is 0.227 e. The molecule has 0 atom stereocenters. The lowest BCUT2D eigenvalue weighted by molar-refractivity contribution is 0.449. The highest BCUT2D eigenvalue weighted by Gasteiger charge is 2.09. The van der Waals surface area contributed by atoms with Gasteiger partial charge < -0.3 is 14.6 Å². The van der Waals surface area contributed by atoms with Crippen molar-refractivity contribution in [2.45, 2.75) is 6.92 Å². The number of aryl methyl sites for hydroxylation is 1. The predicted octanol–water partition coefficient (Wildman–Crippen LogP) is 4.97. The van der Waals surface area contributed by atoms with Crippen molar-refractivity contribution in [3.63, 3.8) is 0 Å². The molecule has 0 aliphatic rings. The third-order valence-electron chi connectivity index (χ3n) is 4.08. The Balaban J connectivity index is 1.68. The van der Waals surface area contributed by atoms with Crippen molar-refractivity contribution in [2.75, 3.05) is 0 Å². The first-order valence-electron chi connectivity index (χ1n) is 8.13. The number of aromatic nitrogens is 1. The Hall–Kier alpha value is -3.60. The Labute approximate surface area is 149 Å². The summed E-state index contributed by atoms with van der Waals surface area (Å²) in [5.74, 6) is 0.573. The Bertz CT molecular complexity index is 1090. The Morgan fingerprint density at radius 1 is 1.00 bits per heavy atom. The van der Waals surface area contributed by atoms with Crippen LogP contribution in [0.3, 0.4) is 0 Å². The van der Waals surface area contributed by atoms with E-state index in [2.05, 4.69) is 9.98 Å². The molecule has 4 rings (SSSR count). The zero-order valence-electron chi connectivity index (χ0n) is 14.0. The Kier molecular flexibility index (Phi) is 3.89. The summed E-state index contributed by atoms with van der Waals surface area (Å²) in [5.41, 5.74) is 4.31. The fourth-order valence-electron chi connectivity index (χ4n) is 2.77. The quantitative estimate of drug-likeness (QED) is 0.515. The van der Waals surface area contributed by atoms with Gasteiger partial charge in [0.1, 0.15) is 17.0 Å². The smallest absolute Gasteiger partial charge is 0.227 e. The van der Waals surface area contributed by atoms with Gasteiger partial charge in [0.25, 0.3) is 0 Å². The first-order valence-corrected chi connectivity index (χ1v) is 8.13. The highest BCUT2D eigenvalue weighted by molar-refractivity contribution is 5.88. The van der Waals surface area contributed by atoms with Gasteiger partial charge in [0.2, 0.25) is 5.89 Å². The van der Waals surface area contributed by atoms with Gasteiger partial charge in [0.05, 0.1) is 5.69 Å². The van der Waals surface area contributed by atoms with Crippen molar-refractivity contribution in [1.29, 1.82) is 0 Å². The Morgan fingerprint density at radius 2 is 1.81 bits per heavy atom. The average Bonchev–Trinajstić information content (AvgIpc) is 3.05. The second-order valence-electron chi connectivity index (χ2n) is 5.99. The van der Waals surface area contributed by atoms with E-state index in [1.165, 1.54) is 6.07 Å². The van der Waals surface area contributed by atoms with Crippen molar-refractivity contribution >= 4 is 23.0 Å². The topological polar surface area (TPSA) is 78.9 Å². The molecule has 0 aliphatic heterocycles. The number of nitrogens with zero attached hydrogens (tertiary/aromatic N) is 2. The fraction of sp³-hybridized carbons (Fsp3) is 0.0476. The van der Waals surface area contributed by atoms with Crippen LogP contribution in [-0.4, -0.2) is 21.4 Å². The summed E-state index contributed by atoms with van der Waals surface area (Å²) < 4.78 is 5.79. The van der Waals surface area contributed by atoms with E-state index in [-0.39, 0.29) is 11.5 Å². The molecule has 0 saturated carbocycles. The van der Waals surface area contributed by atoms with Crippen molar-refractivity contribution in [1.82, 2.24) is 4.98 Å². The summed E-state index contributed by atoms with van der Waals surface area (Å²) in [6.45, 7) is 1.80. The number of fused-ring (bicyclic) bond motifs is 1. The second-order valence-corrected chi connectivity index (χ2v) is 5.99. The van der Waals surface area contributed by atoms with Crippen LogP contribution in [0, 0.1) is 6.92 Å².